The number of nitrogens with zero attached hydrogens (tertiary/aromatic N) is 1. The van der Waals surface area contributed by atoms with Crippen LogP contribution in [0.3, 0.4) is 0 Å². The van der Waals surface area contributed by atoms with E-state index in [9.17, 15) is 14.9 Å². The maximum absolute atomic E-state index is 11.3. The zero-order valence-electron chi connectivity index (χ0n) is 9.76. The van der Waals surface area contributed by atoms with Crippen molar-refractivity contribution in [3.63, 3.8) is 0 Å². The Hall–Kier alpha value is -1.69. The zero-order valence-corrected chi connectivity index (χ0v) is 11.3. The van der Waals surface area contributed by atoms with Gasteiger partial charge in [0.05, 0.1) is 23.2 Å². The molecule has 0 atom stereocenters. The van der Waals surface area contributed by atoms with Gasteiger partial charge in [-0.25, -0.2) is 4.79 Å². The Bertz CT molecular complexity index is 485. The van der Waals surface area contributed by atoms with E-state index in [0.29, 0.717) is 5.56 Å². The van der Waals surface area contributed by atoms with Crippen molar-refractivity contribution in [3.05, 3.63) is 45.5 Å². The Balaban J connectivity index is 3.12. The first-order valence-corrected chi connectivity index (χ1v) is 6.31. The number of halogens is 1. The molecule has 0 heterocycles. The van der Waals surface area contributed by atoms with Crippen LogP contribution < -0.4 is 0 Å². The highest BCUT2D eigenvalue weighted by molar-refractivity contribution is 9.09. The summed E-state index contributed by atoms with van der Waals surface area (Å²) < 4.78 is 4.52. The number of methoxy groups -OCH3 is 1. The molecule has 0 amide bonds. The van der Waals surface area contributed by atoms with Crippen molar-refractivity contribution in [2.24, 2.45) is 0 Å². The SMILES string of the molecule is COC(=O)c1ccc(C=CCCBr)c([N+](=O)[O-])c1. The Morgan fingerprint density at radius 2 is 2.28 bits per heavy atom. The molecule has 1 rings (SSSR count). The second-order valence-corrected chi connectivity index (χ2v) is 4.20. The number of nitro groups is 1. The summed E-state index contributed by atoms with van der Waals surface area (Å²) in [6.07, 6.45) is 4.27. The first-order valence-electron chi connectivity index (χ1n) is 5.19. The minimum atomic E-state index is -0.589. The molecule has 5 nitrogen and oxygen atoms in total. The quantitative estimate of drug-likeness (QED) is 0.362. The molecule has 0 unspecified atom stereocenters. The van der Waals surface area contributed by atoms with E-state index in [1.54, 1.807) is 6.08 Å². The van der Waals surface area contributed by atoms with Crippen molar-refractivity contribution in [1.82, 2.24) is 0 Å². The molecule has 0 bridgehead atoms. The van der Waals surface area contributed by atoms with E-state index in [2.05, 4.69) is 20.7 Å². The van der Waals surface area contributed by atoms with Gasteiger partial charge in [-0.1, -0.05) is 28.1 Å². The summed E-state index contributed by atoms with van der Waals surface area (Å²) in [5, 5.41) is 11.7. The van der Waals surface area contributed by atoms with Gasteiger partial charge in [0.1, 0.15) is 0 Å². The second kappa shape index (κ2) is 6.90. The monoisotopic (exact) mass is 313 g/mol. The molecule has 0 saturated carbocycles. The Kier molecular flexibility index (Phi) is 5.51. The normalized spacial score (nSPS) is 10.6. The standard InChI is InChI=1S/C12H12BrNO4/c1-18-12(15)10-6-5-9(4-2-3-7-13)11(8-10)14(16)17/h2,4-6,8H,3,7H2,1H3. The maximum atomic E-state index is 11.3. The first kappa shape index (κ1) is 14.4. The van der Waals surface area contributed by atoms with Gasteiger partial charge in [-0.05, 0) is 18.6 Å². The minimum Gasteiger partial charge on any atom is -0.465 e. The number of benzene rings is 1. The minimum absolute atomic E-state index is 0.108. The summed E-state index contributed by atoms with van der Waals surface area (Å²) in [6.45, 7) is 0. The maximum Gasteiger partial charge on any atom is 0.338 e. The molecule has 0 aliphatic rings. The molecule has 1 aromatic carbocycles. The Morgan fingerprint density at radius 1 is 1.56 bits per heavy atom. The van der Waals surface area contributed by atoms with Crippen LogP contribution in [0.1, 0.15) is 22.3 Å². The smallest absolute Gasteiger partial charge is 0.338 e. The molecule has 0 aliphatic heterocycles. The van der Waals surface area contributed by atoms with Crippen LogP contribution in [0.2, 0.25) is 0 Å². The summed E-state index contributed by atoms with van der Waals surface area (Å²) >= 11 is 3.26. The average Bonchev–Trinajstić information content (AvgIpc) is 2.38. The molecule has 0 saturated heterocycles. The Labute approximate surface area is 113 Å². The highest BCUT2D eigenvalue weighted by Crippen LogP contribution is 2.22. The molecule has 0 aromatic heterocycles. The third-order valence-corrected chi connectivity index (χ3v) is 2.68. The predicted octanol–water partition coefficient (Wildman–Crippen LogP) is 3.18. The predicted molar refractivity (Wildman–Crippen MR) is 71.9 cm³/mol. The van der Waals surface area contributed by atoms with Gasteiger partial charge in [-0.15, -0.1) is 0 Å². The number of rotatable bonds is 5. The van der Waals surface area contributed by atoms with Crippen molar-refractivity contribution in [3.8, 4) is 0 Å². The number of carbonyl (C=O) groups excluding carboxylic acids is 1. The number of hydrogen-bond acceptors (Lipinski definition) is 4. The molecule has 96 valence electrons. The van der Waals surface area contributed by atoms with Gasteiger partial charge in [0.25, 0.3) is 5.69 Å². The number of carbonyl (C=O) groups is 1. The van der Waals surface area contributed by atoms with Crippen molar-refractivity contribution in [2.75, 3.05) is 12.4 Å². The third kappa shape index (κ3) is 3.66. The van der Waals surface area contributed by atoms with Crippen LogP contribution in [0.4, 0.5) is 5.69 Å². The highest BCUT2D eigenvalue weighted by atomic mass is 79.9. The number of hydrogen-bond donors (Lipinski definition) is 0. The van der Waals surface area contributed by atoms with Crippen molar-refractivity contribution in [2.45, 2.75) is 6.42 Å². The van der Waals surface area contributed by atoms with Gasteiger partial charge in [-0.2, -0.15) is 0 Å². The lowest BCUT2D eigenvalue weighted by molar-refractivity contribution is -0.385. The summed E-state index contributed by atoms with van der Waals surface area (Å²) in [5.74, 6) is -0.589. The molecule has 0 radical (unpaired) electrons. The summed E-state index contributed by atoms with van der Waals surface area (Å²) in [5.41, 5.74) is 0.527. The fourth-order valence-corrected chi connectivity index (χ4v) is 1.63. The Morgan fingerprint density at radius 3 is 2.83 bits per heavy atom. The summed E-state index contributed by atoms with van der Waals surface area (Å²) in [6, 6.07) is 4.27. The van der Waals surface area contributed by atoms with E-state index in [1.807, 2.05) is 6.08 Å². The number of ether oxygens (including phenoxy) is 1. The molecule has 0 spiro atoms. The van der Waals surface area contributed by atoms with Crippen molar-refractivity contribution >= 4 is 33.7 Å². The zero-order chi connectivity index (χ0) is 13.5. The van der Waals surface area contributed by atoms with E-state index in [-0.39, 0.29) is 11.3 Å². The van der Waals surface area contributed by atoms with E-state index >= 15 is 0 Å². The van der Waals surface area contributed by atoms with Crippen LogP contribution in [0.15, 0.2) is 24.3 Å². The van der Waals surface area contributed by atoms with Crippen molar-refractivity contribution in [1.29, 1.82) is 0 Å². The van der Waals surface area contributed by atoms with Crippen LogP contribution in [-0.4, -0.2) is 23.3 Å². The molecule has 0 fully saturated rings. The number of nitro benzene ring substituents is 1. The van der Waals surface area contributed by atoms with Gasteiger partial charge in [0.15, 0.2) is 0 Å². The van der Waals surface area contributed by atoms with E-state index < -0.39 is 10.9 Å². The van der Waals surface area contributed by atoms with Gasteiger partial charge >= 0.3 is 5.97 Å². The van der Waals surface area contributed by atoms with E-state index in [4.69, 9.17) is 0 Å². The second-order valence-electron chi connectivity index (χ2n) is 3.40. The fourth-order valence-electron chi connectivity index (χ4n) is 1.36. The third-order valence-electron chi connectivity index (χ3n) is 2.22. The van der Waals surface area contributed by atoms with Crippen LogP contribution in [-0.2, 0) is 4.74 Å². The molecule has 0 N–H and O–H groups in total. The van der Waals surface area contributed by atoms with Crippen LogP contribution >= 0.6 is 15.9 Å². The van der Waals surface area contributed by atoms with E-state index in [0.717, 1.165) is 11.8 Å². The topological polar surface area (TPSA) is 69.4 Å². The summed E-state index contributed by atoms with van der Waals surface area (Å²) in [7, 11) is 1.23. The lowest BCUT2D eigenvalue weighted by atomic mass is 10.1. The molecular formula is C12H12BrNO4. The van der Waals surface area contributed by atoms with Gasteiger partial charge < -0.3 is 4.74 Å². The summed E-state index contributed by atoms with van der Waals surface area (Å²) in [4.78, 5) is 21.7. The largest absolute Gasteiger partial charge is 0.465 e. The van der Waals surface area contributed by atoms with Gasteiger partial charge in [-0.3, -0.25) is 10.1 Å². The molecule has 1 aromatic rings. The molecular weight excluding hydrogens is 302 g/mol. The average molecular weight is 314 g/mol. The molecule has 6 heteroatoms. The molecule has 0 aliphatic carbocycles. The van der Waals surface area contributed by atoms with Crippen LogP contribution in [0.5, 0.6) is 0 Å². The lowest BCUT2D eigenvalue weighted by Gasteiger charge is -2.01. The number of alkyl halides is 1. The lowest BCUT2D eigenvalue weighted by Crippen LogP contribution is -2.02. The fraction of sp³-hybridized carbons (Fsp3) is 0.250. The van der Waals surface area contributed by atoms with Crippen LogP contribution in [0, 0.1) is 10.1 Å². The van der Waals surface area contributed by atoms with Crippen molar-refractivity contribution < 1.29 is 14.5 Å². The van der Waals surface area contributed by atoms with Gasteiger partial charge in [0.2, 0.25) is 0 Å². The van der Waals surface area contributed by atoms with E-state index in [1.165, 1.54) is 25.3 Å². The highest BCUT2D eigenvalue weighted by Gasteiger charge is 2.16. The molecule has 18 heavy (non-hydrogen) atoms. The van der Waals surface area contributed by atoms with Gasteiger partial charge in [0, 0.05) is 11.4 Å². The number of allylic oxidation sites excluding steroid dienone is 1. The number of esters is 1. The first-order chi connectivity index (χ1) is 8.60. The van der Waals surface area contributed by atoms with Crippen LogP contribution in [0.25, 0.3) is 6.08 Å².